The molecule has 0 aliphatic carbocycles. The first-order chi connectivity index (χ1) is 11.5. The van der Waals surface area contributed by atoms with Crippen LogP contribution in [0.1, 0.15) is 16.7 Å². The minimum atomic E-state index is -0.235. The Morgan fingerprint density at radius 2 is 1.71 bits per heavy atom. The van der Waals surface area contributed by atoms with Crippen molar-refractivity contribution in [2.75, 3.05) is 10.4 Å². The number of rotatable bonds is 3. The molecule has 0 bridgehead atoms. The zero-order valence-electron chi connectivity index (χ0n) is 14.1. The average molecular weight is 320 g/mol. The van der Waals surface area contributed by atoms with E-state index in [1.54, 1.807) is 0 Å². The van der Waals surface area contributed by atoms with Crippen molar-refractivity contribution in [1.29, 1.82) is 0 Å². The van der Waals surface area contributed by atoms with E-state index >= 15 is 0 Å². The Kier molecular flexibility index (Phi) is 4.08. The lowest BCUT2D eigenvalue weighted by Crippen LogP contribution is -2.34. The number of aryl methyl sites for hydroxylation is 3. The van der Waals surface area contributed by atoms with Gasteiger partial charge in [-0.05, 0) is 44.0 Å². The number of hydrazone groups is 1. The lowest BCUT2D eigenvalue weighted by molar-refractivity contribution is -0.112. The molecular weight excluding hydrogens is 300 g/mol. The van der Waals surface area contributed by atoms with Crippen molar-refractivity contribution in [1.82, 2.24) is 5.43 Å². The van der Waals surface area contributed by atoms with E-state index in [9.17, 15) is 4.79 Å². The molecule has 1 fully saturated rings. The summed E-state index contributed by atoms with van der Waals surface area (Å²) >= 11 is 0. The molecule has 1 aliphatic rings. The number of carbonyl (C=O) groups is 1. The molecule has 2 N–H and O–H groups in total. The van der Waals surface area contributed by atoms with Gasteiger partial charge in [-0.15, -0.1) is 0 Å². The summed E-state index contributed by atoms with van der Waals surface area (Å²) in [6.45, 7) is 9.98. The van der Waals surface area contributed by atoms with Crippen LogP contribution in [-0.4, -0.2) is 11.6 Å². The van der Waals surface area contributed by atoms with Crippen molar-refractivity contribution < 1.29 is 4.79 Å². The van der Waals surface area contributed by atoms with Crippen LogP contribution in [0.15, 0.2) is 59.8 Å². The van der Waals surface area contributed by atoms with Gasteiger partial charge in [0.05, 0.1) is 17.1 Å². The van der Waals surface area contributed by atoms with Crippen LogP contribution in [-0.2, 0) is 4.79 Å². The predicted molar refractivity (Wildman–Crippen MR) is 97.9 cm³/mol. The normalized spacial score (nSPS) is 15.8. The van der Waals surface area contributed by atoms with Gasteiger partial charge in [-0.1, -0.05) is 42.5 Å². The molecule has 0 unspecified atom stereocenters. The molecule has 0 radical (unpaired) electrons. The van der Waals surface area contributed by atoms with Gasteiger partial charge >= 0.3 is 0 Å². The fraction of sp³-hybridized carbons (Fsp3) is 0.158. The van der Waals surface area contributed by atoms with Crippen LogP contribution in [0.3, 0.4) is 0 Å². The first kappa shape index (κ1) is 15.8. The van der Waals surface area contributed by atoms with Crippen molar-refractivity contribution in [3.8, 4) is 0 Å². The largest absolute Gasteiger partial charge is 0.299 e. The van der Waals surface area contributed by atoms with E-state index in [0.717, 1.165) is 22.5 Å². The zero-order valence-corrected chi connectivity index (χ0v) is 14.1. The molecule has 0 aromatic heterocycles. The number of hydrazine groups is 1. The van der Waals surface area contributed by atoms with Gasteiger partial charge in [0, 0.05) is 0 Å². The Hall–Kier alpha value is -3.08. The number of hydrogen-bond donors (Lipinski definition) is 2. The molecule has 1 aliphatic heterocycles. The topological polar surface area (TPSA) is 56.7 Å². The molecule has 2 aromatic carbocycles. The van der Waals surface area contributed by atoms with Crippen molar-refractivity contribution in [3.05, 3.63) is 71.4 Å². The lowest BCUT2D eigenvalue weighted by Gasteiger charge is -2.14. The van der Waals surface area contributed by atoms with E-state index in [2.05, 4.69) is 41.6 Å². The highest BCUT2D eigenvalue weighted by Crippen LogP contribution is 2.23. The summed E-state index contributed by atoms with van der Waals surface area (Å²) in [5.74, 6) is -0.235. The van der Waals surface area contributed by atoms with Gasteiger partial charge in [-0.2, -0.15) is 5.10 Å². The number of nitrogens with one attached hydrogen (secondary N) is 2. The summed E-state index contributed by atoms with van der Waals surface area (Å²) in [5.41, 5.74) is 11.8. The highest BCUT2D eigenvalue weighted by molar-refractivity contribution is 6.51. The molecule has 2 aromatic rings. The van der Waals surface area contributed by atoms with Crippen molar-refractivity contribution in [3.63, 3.8) is 0 Å². The number of hydrogen-bond acceptors (Lipinski definition) is 4. The maximum absolute atomic E-state index is 12.6. The number of benzene rings is 2. The van der Waals surface area contributed by atoms with Gasteiger partial charge < -0.3 is 0 Å². The molecule has 1 amide bonds. The SMILES string of the molecule is C=C1NN(c2ccccc2)C(=O)C1=NNc1c(C)cc(C)cc1C. The Bertz CT molecular complexity index is 817. The summed E-state index contributed by atoms with van der Waals surface area (Å²) in [6.07, 6.45) is 0. The highest BCUT2D eigenvalue weighted by atomic mass is 16.2. The van der Waals surface area contributed by atoms with E-state index in [4.69, 9.17) is 0 Å². The van der Waals surface area contributed by atoms with Gasteiger partial charge in [0.25, 0.3) is 5.91 Å². The van der Waals surface area contributed by atoms with Gasteiger partial charge in [0.15, 0.2) is 5.71 Å². The smallest absolute Gasteiger partial charge is 0.289 e. The van der Waals surface area contributed by atoms with Gasteiger partial charge in [-0.3, -0.25) is 15.6 Å². The van der Waals surface area contributed by atoms with Crippen LogP contribution >= 0.6 is 0 Å². The third-order valence-corrected chi connectivity index (χ3v) is 3.91. The summed E-state index contributed by atoms with van der Waals surface area (Å²) in [4.78, 5) is 12.6. The number of para-hydroxylation sites is 1. The number of carbonyl (C=O) groups excluding carboxylic acids is 1. The molecule has 0 atom stereocenters. The van der Waals surface area contributed by atoms with Crippen LogP contribution in [0.4, 0.5) is 11.4 Å². The molecule has 1 saturated heterocycles. The summed E-state index contributed by atoms with van der Waals surface area (Å²) in [5, 5.41) is 5.74. The Labute approximate surface area is 141 Å². The van der Waals surface area contributed by atoms with Gasteiger partial charge in [0.1, 0.15) is 0 Å². The van der Waals surface area contributed by atoms with Crippen LogP contribution < -0.4 is 15.9 Å². The standard InChI is InChI=1S/C19H20N4O/c1-12-10-13(2)17(14(3)11-12)20-21-18-15(4)22-23(19(18)24)16-8-6-5-7-9-16/h5-11,20,22H,4H2,1-3H3. The van der Waals surface area contributed by atoms with E-state index in [0.29, 0.717) is 5.70 Å². The van der Waals surface area contributed by atoms with Gasteiger partial charge in [-0.25, -0.2) is 5.01 Å². The van der Waals surface area contributed by atoms with Gasteiger partial charge in [0.2, 0.25) is 0 Å². The molecule has 5 heteroatoms. The summed E-state index contributed by atoms with van der Waals surface area (Å²) < 4.78 is 0. The first-order valence-corrected chi connectivity index (χ1v) is 7.74. The highest BCUT2D eigenvalue weighted by Gasteiger charge is 2.32. The Morgan fingerprint density at radius 1 is 1.08 bits per heavy atom. The predicted octanol–water partition coefficient (Wildman–Crippen LogP) is 3.44. The lowest BCUT2D eigenvalue weighted by atomic mass is 10.1. The minimum absolute atomic E-state index is 0.235. The fourth-order valence-corrected chi connectivity index (χ4v) is 2.82. The third kappa shape index (κ3) is 2.88. The summed E-state index contributed by atoms with van der Waals surface area (Å²) in [6, 6.07) is 13.5. The van der Waals surface area contributed by atoms with E-state index in [-0.39, 0.29) is 11.6 Å². The van der Waals surface area contributed by atoms with Crippen LogP contribution in [0, 0.1) is 20.8 Å². The van der Waals surface area contributed by atoms with Crippen LogP contribution in [0.25, 0.3) is 0 Å². The Balaban J connectivity index is 1.86. The quantitative estimate of drug-likeness (QED) is 0.852. The third-order valence-electron chi connectivity index (χ3n) is 3.91. The van der Waals surface area contributed by atoms with Crippen LogP contribution in [0.5, 0.6) is 0 Å². The molecule has 24 heavy (non-hydrogen) atoms. The van der Waals surface area contributed by atoms with Crippen molar-refractivity contribution in [2.24, 2.45) is 5.10 Å². The van der Waals surface area contributed by atoms with E-state index < -0.39 is 0 Å². The molecule has 1 heterocycles. The average Bonchev–Trinajstić information content (AvgIpc) is 2.82. The van der Waals surface area contributed by atoms with E-state index in [1.165, 1.54) is 10.6 Å². The molecule has 5 nitrogen and oxygen atoms in total. The molecule has 3 rings (SSSR count). The zero-order chi connectivity index (χ0) is 17.3. The number of anilines is 2. The maximum Gasteiger partial charge on any atom is 0.299 e. The maximum atomic E-state index is 12.6. The second-order valence-electron chi connectivity index (χ2n) is 5.91. The van der Waals surface area contributed by atoms with Crippen molar-refractivity contribution >= 4 is 23.0 Å². The summed E-state index contributed by atoms with van der Waals surface area (Å²) in [7, 11) is 0. The number of nitrogens with zero attached hydrogens (tertiary/aromatic N) is 2. The monoisotopic (exact) mass is 320 g/mol. The second kappa shape index (κ2) is 6.20. The minimum Gasteiger partial charge on any atom is -0.289 e. The fourth-order valence-electron chi connectivity index (χ4n) is 2.82. The molecular formula is C19H20N4O. The Morgan fingerprint density at radius 3 is 2.33 bits per heavy atom. The second-order valence-corrected chi connectivity index (χ2v) is 5.91. The molecule has 0 saturated carbocycles. The molecule has 122 valence electrons. The first-order valence-electron chi connectivity index (χ1n) is 7.74. The van der Waals surface area contributed by atoms with Crippen molar-refractivity contribution in [2.45, 2.75) is 20.8 Å². The number of amides is 1. The van der Waals surface area contributed by atoms with E-state index in [1.807, 2.05) is 44.2 Å². The van der Waals surface area contributed by atoms with Crippen LogP contribution in [0.2, 0.25) is 0 Å². The molecule has 0 spiro atoms.